The van der Waals surface area contributed by atoms with E-state index in [0.717, 1.165) is 23.9 Å². The molecule has 0 bridgehead atoms. The molecule has 3 rings (SSSR count). The lowest BCUT2D eigenvalue weighted by atomic mass is 10.2. The molecule has 0 atom stereocenters. The third-order valence-electron chi connectivity index (χ3n) is 2.78. The molecule has 0 N–H and O–H groups in total. The van der Waals surface area contributed by atoms with Gasteiger partial charge in [-0.25, -0.2) is 0 Å². The van der Waals surface area contributed by atoms with Gasteiger partial charge in [0.1, 0.15) is 6.54 Å². The Bertz CT molecular complexity index is 467. The first kappa shape index (κ1) is 8.47. The van der Waals surface area contributed by atoms with Crippen molar-refractivity contribution >= 4 is 23.2 Å². The molecule has 0 spiro atoms. The zero-order valence-electron chi connectivity index (χ0n) is 8.47. The molecule has 0 aliphatic carbocycles. The average Bonchev–Trinajstić information content (AvgIpc) is 2.73. The van der Waals surface area contributed by atoms with E-state index in [1.165, 1.54) is 0 Å². The van der Waals surface area contributed by atoms with Crippen LogP contribution < -0.4 is 9.80 Å². The molecule has 1 aromatic rings. The van der Waals surface area contributed by atoms with E-state index in [2.05, 4.69) is 22.9 Å². The van der Waals surface area contributed by atoms with Crippen LogP contribution in [0.25, 0.3) is 0 Å². The quantitative estimate of drug-likeness (QED) is 0.685. The second kappa shape index (κ2) is 2.82. The Balaban J connectivity index is 2.17. The summed E-state index contributed by atoms with van der Waals surface area (Å²) >= 11 is 0. The molecule has 76 valence electrons. The molecule has 0 aromatic heterocycles. The Morgan fingerprint density at radius 2 is 2.07 bits per heavy atom. The summed E-state index contributed by atoms with van der Waals surface area (Å²) in [7, 11) is 0. The fourth-order valence-electron chi connectivity index (χ4n) is 2.15. The standard InChI is InChI=1S/C11H11N3O/c1-2-13-8-5-3-4-6-9(8)14-7-10(15)12-11(13)14/h3-6H,2,7H2,1H3. The second-order valence-corrected chi connectivity index (χ2v) is 3.62. The van der Waals surface area contributed by atoms with Crippen LogP contribution in [0.1, 0.15) is 6.92 Å². The maximum absolute atomic E-state index is 11.3. The van der Waals surface area contributed by atoms with Crippen molar-refractivity contribution in [2.24, 2.45) is 4.99 Å². The van der Waals surface area contributed by atoms with E-state index < -0.39 is 0 Å². The zero-order valence-corrected chi connectivity index (χ0v) is 8.47. The van der Waals surface area contributed by atoms with Gasteiger partial charge >= 0.3 is 0 Å². The highest BCUT2D eigenvalue weighted by molar-refractivity contribution is 6.24. The van der Waals surface area contributed by atoms with Crippen LogP contribution in [-0.4, -0.2) is 25.0 Å². The summed E-state index contributed by atoms with van der Waals surface area (Å²) in [6.07, 6.45) is 0. The van der Waals surface area contributed by atoms with E-state index >= 15 is 0 Å². The average molecular weight is 201 g/mol. The number of para-hydroxylation sites is 2. The van der Waals surface area contributed by atoms with E-state index in [1.807, 2.05) is 23.1 Å². The van der Waals surface area contributed by atoms with Crippen LogP contribution in [0.2, 0.25) is 0 Å². The number of hydrogen-bond acceptors (Lipinski definition) is 3. The third-order valence-corrected chi connectivity index (χ3v) is 2.78. The number of fused-ring (bicyclic) bond motifs is 3. The first-order chi connectivity index (χ1) is 7.31. The molecule has 15 heavy (non-hydrogen) atoms. The Labute approximate surface area is 87.8 Å². The maximum Gasteiger partial charge on any atom is 0.268 e. The number of amides is 1. The molecule has 2 heterocycles. The van der Waals surface area contributed by atoms with Crippen molar-refractivity contribution in [3.8, 4) is 0 Å². The number of benzene rings is 1. The molecule has 2 aliphatic heterocycles. The molecule has 2 aliphatic rings. The molecule has 4 nitrogen and oxygen atoms in total. The van der Waals surface area contributed by atoms with Gasteiger partial charge in [-0.1, -0.05) is 12.1 Å². The highest BCUT2D eigenvalue weighted by atomic mass is 16.2. The molecule has 0 saturated carbocycles. The number of hydrogen-bond donors (Lipinski definition) is 0. The summed E-state index contributed by atoms with van der Waals surface area (Å²) in [4.78, 5) is 19.4. The minimum atomic E-state index is -0.0575. The van der Waals surface area contributed by atoms with Crippen LogP contribution in [0.15, 0.2) is 29.3 Å². The molecule has 4 heteroatoms. The van der Waals surface area contributed by atoms with Gasteiger partial charge in [-0.2, -0.15) is 4.99 Å². The monoisotopic (exact) mass is 201 g/mol. The fourth-order valence-corrected chi connectivity index (χ4v) is 2.15. The van der Waals surface area contributed by atoms with Gasteiger partial charge in [0, 0.05) is 6.54 Å². The minimum absolute atomic E-state index is 0.0575. The third kappa shape index (κ3) is 1.02. The van der Waals surface area contributed by atoms with E-state index in [4.69, 9.17) is 0 Å². The number of rotatable bonds is 1. The minimum Gasteiger partial charge on any atom is -0.310 e. The van der Waals surface area contributed by atoms with Crippen molar-refractivity contribution in [1.29, 1.82) is 0 Å². The van der Waals surface area contributed by atoms with Crippen molar-refractivity contribution in [3.05, 3.63) is 24.3 Å². The number of carbonyl (C=O) groups is 1. The molecule has 1 amide bonds. The van der Waals surface area contributed by atoms with Gasteiger partial charge in [-0.05, 0) is 19.1 Å². The molecule has 1 aromatic carbocycles. The fraction of sp³-hybridized carbons (Fsp3) is 0.273. The lowest BCUT2D eigenvalue weighted by Gasteiger charge is -2.15. The first-order valence-electron chi connectivity index (χ1n) is 5.07. The Kier molecular flexibility index (Phi) is 1.59. The number of guanidine groups is 1. The Morgan fingerprint density at radius 1 is 1.33 bits per heavy atom. The molecular weight excluding hydrogens is 190 g/mol. The van der Waals surface area contributed by atoms with Crippen LogP contribution in [0.5, 0.6) is 0 Å². The summed E-state index contributed by atoms with van der Waals surface area (Å²) in [6, 6.07) is 8.08. The first-order valence-corrected chi connectivity index (χ1v) is 5.07. The summed E-state index contributed by atoms with van der Waals surface area (Å²) in [6.45, 7) is 3.27. The van der Waals surface area contributed by atoms with Crippen LogP contribution in [0.3, 0.4) is 0 Å². The molecule has 0 fully saturated rings. The molecular formula is C11H11N3O. The van der Waals surface area contributed by atoms with Crippen molar-refractivity contribution in [2.45, 2.75) is 6.92 Å². The predicted octanol–water partition coefficient (Wildman–Crippen LogP) is 1.23. The highest BCUT2D eigenvalue weighted by Crippen LogP contribution is 2.38. The summed E-state index contributed by atoms with van der Waals surface area (Å²) in [5.74, 6) is 0.724. The Morgan fingerprint density at radius 3 is 2.80 bits per heavy atom. The van der Waals surface area contributed by atoms with Crippen molar-refractivity contribution in [2.75, 3.05) is 22.9 Å². The van der Waals surface area contributed by atoms with Crippen LogP contribution in [0.4, 0.5) is 11.4 Å². The van der Waals surface area contributed by atoms with E-state index in [1.54, 1.807) is 0 Å². The summed E-state index contributed by atoms with van der Waals surface area (Å²) in [5, 5.41) is 0. The summed E-state index contributed by atoms with van der Waals surface area (Å²) < 4.78 is 0. The van der Waals surface area contributed by atoms with E-state index in [-0.39, 0.29) is 5.91 Å². The van der Waals surface area contributed by atoms with Gasteiger partial charge in [-0.3, -0.25) is 4.79 Å². The predicted molar refractivity (Wildman–Crippen MR) is 59.3 cm³/mol. The largest absolute Gasteiger partial charge is 0.310 e. The van der Waals surface area contributed by atoms with Crippen LogP contribution in [0, 0.1) is 0 Å². The van der Waals surface area contributed by atoms with Crippen LogP contribution >= 0.6 is 0 Å². The lowest BCUT2D eigenvalue weighted by Crippen LogP contribution is -2.35. The van der Waals surface area contributed by atoms with Gasteiger partial charge < -0.3 is 9.80 Å². The highest BCUT2D eigenvalue weighted by Gasteiger charge is 2.37. The SMILES string of the molecule is CCN1C2=NC(=O)CN2c2ccccc21. The number of aliphatic imine (C=N–C) groups is 1. The van der Waals surface area contributed by atoms with Crippen molar-refractivity contribution in [3.63, 3.8) is 0 Å². The maximum atomic E-state index is 11.3. The van der Waals surface area contributed by atoms with Crippen LogP contribution in [-0.2, 0) is 4.79 Å². The second-order valence-electron chi connectivity index (χ2n) is 3.62. The molecule has 0 saturated heterocycles. The van der Waals surface area contributed by atoms with Gasteiger partial charge in [0.25, 0.3) is 5.91 Å². The van der Waals surface area contributed by atoms with Crippen molar-refractivity contribution in [1.82, 2.24) is 0 Å². The molecule has 0 unspecified atom stereocenters. The lowest BCUT2D eigenvalue weighted by molar-refractivity contribution is -0.115. The molecule has 0 radical (unpaired) electrons. The number of anilines is 2. The van der Waals surface area contributed by atoms with E-state index in [9.17, 15) is 4.79 Å². The van der Waals surface area contributed by atoms with E-state index in [0.29, 0.717) is 6.54 Å². The zero-order chi connectivity index (χ0) is 10.4. The topological polar surface area (TPSA) is 35.9 Å². The van der Waals surface area contributed by atoms with Gasteiger partial charge in [0.2, 0.25) is 5.96 Å². The normalized spacial score (nSPS) is 17.9. The number of carbonyl (C=O) groups excluding carboxylic acids is 1. The van der Waals surface area contributed by atoms with Gasteiger partial charge in [0.15, 0.2) is 0 Å². The Hall–Kier alpha value is -1.84. The summed E-state index contributed by atoms with van der Waals surface area (Å²) in [5.41, 5.74) is 2.23. The van der Waals surface area contributed by atoms with Gasteiger partial charge in [-0.15, -0.1) is 0 Å². The smallest absolute Gasteiger partial charge is 0.268 e. The van der Waals surface area contributed by atoms with Crippen molar-refractivity contribution < 1.29 is 4.79 Å². The van der Waals surface area contributed by atoms with Gasteiger partial charge in [0.05, 0.1) is 11.4 Å². The number of nitrogens with zero attached hydrogens (tertiary/aromatic N) is 3.